The molecule has 6 atom stereocenters. The Morgan fingerprint density at radius 2 is 1.84 bits per heavy atom. The van der Waals surface area contributed by atoms with Crippen LogP contribution in [0.5, 0.6) is 0 Å². The van der Waals surface area contributed by atoms with Crippen LogP contribution in [0.4, 0.5) is 0 Å². The Morgan fingerprint density at radius 1 is 1.09 bits per heavy atom. The van der Waals surface area contributed by atoms with Crippen molar-refractivity contribution >= 4 is 5.97 Å². The molecule has 0 saturated heterocycles. The van der Waals surface area contributed by atoms with E-state index < -0.39 is 0 Å². The summed E-state index contributed by atoms with van der Waals surface area (Å²) in [5.41, 5.74) is 4.54. The maximum Gasteiger partial charge on any atom is 0.302 e. The molecule has 2 heteroatoms. The minimum atomic E-state index is -0.175. The third kappa shape index (κ3) is 5.67. The third-order valence-electron chi connectivity index (χ3n) is 8.94. The third-order valence-corrected chi connectivity index (χ3v) is 8.94. The molecule has 32 heavy (non-hydrogen) atoms. The van der Waals surface area contributed by atoms with Crippen molar-refractivity contribution < 1.29 is 9.53 Å². The lowest BCUT2D eigenvalue weighted by Crippen LogP contribution is -2.35. The molecule has 0 radical (unpaired) electrons. The first-order chi connectivity index (χ1) is 15.1. The fraction of sp³-hybridized carbons (Fsp3) is 0.700. The van der Waals surface area contributed by atoms with Crippen LogP contribution >= 0.6 is 0 Å². The Morgan fingerprint density at radius 3 is 2.53 bits per heavy atom. The summed E-state index contributed by atoms with van der Waals surface area (Å²) in [7, 11) is 0. The van der Waals surface area contributed by atoms with Gasteiger partial charge in [-0.25, -0.2) is 0 Å². The van der Waals surface area contributed by atoms with E-state index in [0.29, 0.717) is 29.1 Å². The van der Waals surface area contributed by atoms with E-state index in [-0.39, 0.29) is 12.1 Å². The predicted molar refractivity (Wildman–Crippen MR) is 135 cm³/mol. The van der Waals surface area contributed by atoms with Gasteiger partial charge >= 0.3 is 5.97 Å². The maximum absolute atomic E-state index is 11.4. The number of allylic oxidation sites excluding steroid dienone is 6. The lowest BCUT2D eigenvalue weighted by molar-refractivity contribution is -0.146. The number of carbonyl (C=O) groups is 1. The van der Waals surface area contributed by atoms with Crippen molar-refractivity contribution in [3.05, 3.63) is 47.6 Å². The van der Waals surface area contributed by atoms with Gasteiger partial charge < -0.3 is 4.74 Å². The highest BCUT2D eigenvalue weighted by atomic mass is 16.5. The van der Waals surface area contributed by atoms with Crippen LogP contribution in [0.3, 0.4) is 0 Å². The lowest BCUT2D eigenvalue weighted by Gasteiger charge is -2.44. The molecule has 0 unspecified atom stereocenters. The Hall–Kier alpha value is -1.57. The van der Waals surface area contributed by atoms with Crippen molar-refractivity contribution in [2.24, 2.45) is 35.0 Å². The molecule has 3 fully saturated rings. The van der Waals surface area contributed by atoms with Crippen molar-refractivity contribution in [3.8, 4) is 0 Å². The van der Waals surface area contributed by atoms with Gasteiger partial charge in [0.1, 0.15) is 6.10 Å². The van der Waals surface area contributed by atoms with Crippen molar-refractivity contribution in [3.63, 3.8) is 0 Å². The van der Waals surface area contributed by atoms with Gasteiger partial charge in [0.25, 0.3) is 0 Å². The summed E-state index contributed by atoms with van der Waals surface area (Å²) in [5.74, 6) is 3.31. The fourth-order valence-electron chi connectivity index (χ4n) is 6.57. The molecule has 0 aliphatic heterocycles. The number of hydrogen-bond acceptors (Lipinski definition) is 2. The molecular weight excluding hydrogens is 392 g/mol. The van der Waals surface area contributed by atoms with E-state index in [0.717, 1.165) is 25.2 Å². The average Bonchev–Trinajstić information content (AvgIpc) is 3.09. The zero-order valence-corrected chi connectivity index (χ0v) is 21.5. The Labute approximate surface area is 197 Å². The van der Waals surface area contributed by atoms with Gasteiger partial charge in [-0.1, -0.05) is 76.6 Å². The van der Waals surface area contributed by atoms with E-state index in [1.54, 1.807) is 5.57 Å². The molecule has 0 heterocycles. The summed E-state index contributed by atoms with van der Waals surface area (Å²) < 4.78 is 5.49. The standard InChI is InChI=1S/C30H46O2/c1-20(2)21(3)10-11-23(5)28-16-17-29-25(9-8-18-30(28,29)7)13-14-26-19-27(32-24(6)31)15-12-22(26)4/h10-11,13-14,20-21,23,27-29H,4,8-9,12,15-19H2,1-3,5-7H3/t21-,23+,27-,28+,29-,30+/m0/s1. The Bertz CT molecular complexity index is 783. The SMILES string of the molecule is C=C1CC[C@H](OC(C)=O)CC1=CC=C1CCC[C@]2(C)[C@@H]([C@H](C)C=C[C@H](C)C(C)C)CC[C@@H]12. The zero-order chi connectivity index (χ0) is 23.5. The molecule has 3 saturated carbocycles. The summed E-state index contributed by atoms with van der Waals surface area (Å²) in [4.78, 5) is 11.4. The highest BCUT2D eigenvalue weighted by Gasteiger charge is 2.50. The summed E-state index contributed by atoms with van der Waals surface area (Å²) in [5, 5.41) is 0. The molecule has 3 aliphatic rings. The molecule has 0 amide bonds. The normalized spacial score (nSPS) is 35.5. The fourth-order valence-corrected chi connectivity index (χ4v) is 6.57. The van der Waals surface area contributed by atoms with Gasteiger partial charge in [-0.2, -0.15) is 0 Å². The molecule has 0 N–H and O–H groups in total. The topological polar surface area (TPSA) is 26.3 Å². The van der Waals surface area contributed by atoms with Crippen LogP contribution in [0, 0.1) is 35.0 Å². The van der Waals surface area contributed by atoms with Gasteiger partial charge in [0.2, 0.25) is 0 Å². The largest absolute Gasteiger partial charge is 0.462 e. The number of fused-ring (bicyclic) bond motifs is 1. The van der Waals surface area contributed by atoms with Crippen molar-refractivity contribution in [1.29, 1.82) is 0 Å². The molecule has 0 aromatic carbocycles. The van der Waals surface area contributed by atoms with Crippen LogP contribution in [0.15, 0.2) is 47.6 Å². The molecule has 0 spiro atoms. The van der Waals surface area contributed by atoms with Gasteiger partial charge in [-0.15, -0.1) is 0 Å². The number of hydrogen-bond donors (Lipinski definition) is 0. The second-order valence-corrected chi connectivity index (χ2v) is 11.5. The quantitative estimate of drug-likeness (QED) is 0.308. The van der Waals surface area contributed by atoms with Crippen LogP contribution in [-0.4, -0.2) is 12.1 Å². The van der Waals surface area contributed by atoms with Crippen LogP contribution in [0.2, 0.25) is 0 Å². The molecule has 0 bridgehead atoms. The second-order valence-electron chi connectivity index (χ2n) is 11.5. The molecule has 0 aromatic heterocycles. The van der Waals surface area contributed by atoms with Crippen LogP contribution in [0.25, 0.3) is 0 Å². The number of rotatable bonds is 6. The van der Waals surface area contributed by atoms with E-state index in [9.17, 15) is 4.79 Å². The van der Waals surface area contributed by atoms with Gasteiger partial charge in [-0.05, 0) is 85.5 Å². The Balaban J connectivity index is 1.74. The molecule has 0 aromatic rings. The monoisotopic (exact) mass is 438 g/mol. The van der Waals surface area contributed by atoms with E-state index in [1.165, 1.54) is 50.2 Å². The highest BCUT2D eigenvalue weighted by Crippen LogP contribution is 2.59. The highest BCUT2D eigenvalue weighted by molar-refractivity contribution is 5.66. The minimum Gasteiger partial charge on any atom is -0.462 e. The van der Waals surface area contributed by atoms with E-state index in [4.69, 9.17) is 4.74 Å². The first-order valence-corrected chi connectivity index (χ1v) is 13.0. The summed E-state index contributed by atoms with van der Waals surface area (Å²) >= 11 is 0. The smallest absolute Gasteiger partial charge is 0.302 e. The molecule has 178 valence electrons. The first-order valence-electron chi connectivity index (χ1n) is 13.0. The first kappa shape index (κ1) is 25.1. The maximum atomic E-state index is 11.4. The van der Waals surface area contributed by atoms with Crippen LogP contribution < -0.4 is 0 Å². The van der Waals surface area contributed by atoms with Gasteiger partial charge in [0.05, 0.1) is 0 Å². The summed E-state index contributed by atoms with van der Waals surface area (Å²) in [6.45, 7) is 17.8. The van der Waals surface area contributed by atoms with Gasteiger partial charge in [0.15, 0.2) is 0 Å². The second kappa shape index (κ2) is 10.6. The van der Waals surface area contributed by atoms with Gasteiger partial charge in [0, 0.05) is 13.3 Å². The predicted octanol–water partition coefficient (Wildman–Crippen LogP) is 8.21. The minimum absolute atomic E-state index is 0.0102. The number of ether oxygens (including phenoxy) is 1. The van der Waals surface area contributed by atoms with Crippen LogP contribution in [0.1, 0.15) is 92.9 Å². The number of carbonyl (C=O) groups excluding carboxylic acids is 1. The van der Waals surface area contributed by atoms with E-state index in [1.807, 2.05) is 0 Å². The summed E-state index contributed by atoms with van der Waals surface area (Å²) in [6.07, 6.45) is 18.9. The molecule has 3 rings (SSSR count). The lowest BCUT2D eigenvalue weighted by atomic mass is 9.61. The Kier molecular flexibility index (Phi) is 8.28. The molecule has 3 aliphatic carbocycles. The van der Waals surface area contributed by atoms with Crippen LogP contribution in [-0.2, 0) is 9.53 Å². The van der Waals surface area contributed by atoms with E-state index >= 15 is 0 Å². The zero-order valence-electron chi connectivity index (χ0n) is 21.5. The molecular formula is C30H46O2. The van der Waals surface area contributed by atoms with Crippen molar-refractivity contribution in [1.82, 2.24) is 0 Å². The van der Waals surface area contributed by atoms with E-state index in [2.05, 4.69) is 65.5 Å². The van der Waals surface area contributed by atoms with Gasteiger partial charge in [-0.3, -0.25) is 4.79 Å². The van der Waals surface area contributed by atoms with Crippen molar-refractivity contribution in [2.45, 2.75) is 99.0 Å². The van der Waals surface area contributed by atoms with Crippen molar-refractivity contribution in [2.75, 3.05) is 0 Å². The number of esters is 1. The average molecular weight is 439 g/mol. The molecule has 2 nitrogen and oxygen atoms in total. The summed E-state index contributed by atoms with van der Waals surface area (Å²) in [6, 6.07) is 0.